The lowest BCUT2D eigenvalue weighted by Crippen LogP contribution is -2.40. The normalized spacial score (nSPS) is 14.3. The molecular weight excluding hydrogens is 814 g/mol. The van der Waals surface area contributed by atoms with Crippen molar-refractivity contribution in [2.24, 2.45) is 4.99 Å². The van der Waals surface area contributed by atoms with E-state index in [1.165, 1.54) is 23.0 Å². The van der Waals surface area contributed by atoms with Crippen LogP contribution in [0.5, 0.6) is 17.2 Å². The van der Waals surface area contributed by atoms with E-state index in [0.717, 1.165) is 7.14 Å². The molecule has 0 N–H and O–H groups in total. The number of carbonyl (C=O) groups excluding carboxylic acids is 2. The quantitative estimate of drug-likeness (QED) is 0.162. The molecule has 1 aliphatic rings. The van der Waals surface area contributed by atoms with Crippen LogP contribution >= 0.6 is 56.5 Å². The van der Waals surface area contributed by atoms with Crippen molar-refractivity contribution in [3.8, 4) is 29.6 Å². The summed E-state index contributed by atoms with van der Waals surface area (Å²) in [5.74, 6) is 2.54. The van der Waals surface area contributed by atoms with Gasteiger partial charge >= 0.3 is 11.9 Å². The summed E-state index contributed by atoms with van der Waals surface area (Å²) >= 11 is 5.57. The highest BCUT2D eigenvalue weighted by atomic mass is 127. The molecule has 3 aromatic rings. The number of hydrogen-bond donors (Lipinski definition) is 0. The van der Waals surface area contributed by atoms with Crippen molar-refractivity contribution in [1.29, 1.82) is 0 Å². The Kier molecular flexibility index (Phi) is 11.5. The van der Waals surface area contributed by atoms with Crippen molar-refractivity contribution in [3.05, 3.63) is 79.6 Å². The maximum Gasteiger partial charge on any atom is 0.343 e. The topological polar surface area (TPSA) is 115 Å². The van der Waals surface area contributed by atoms with Crippen molar-refractivity contribution in [3.63, 3.8) is 0 Å². The molecule has 0 aliphatic carbocycles. The molecule has 230 valence electrons. The number of allylic oxidation sites excluding steroid dienone is 1. The van der Waals surface area contributed by atoms with E-state index in [4.69, 9.17) is 25.4 Å². The number of nitrogens with zero attached hydrogens (tertiary/aromatic N) is 2. The molecule has 0 unspecified atom stereocenters. The smallest absolute Gasteiger partial charge is 0.343 e. The van der Waals surface area contributed by atoms with Gasteiger partial charge in [0.2, 0.25) is 0 Å². The predicted octanol–water partition coefficient (Wildman–Crippen LogP) is 3.97. The van der Waals surface area contributed by atoms with Gasteiger partial charge in [-0.3, -0.25) is 9.36 Å². The van der Waals surface area contributed by atoms with Gasteiger partial charge in [0.25, 0.3) is 5.56 Å². The lowest BCUT2D eigenvalue weighted by atomic mass is 9.95. The van der Waals surface area contributed by atoms with Crippen LogP contribution in [0.4, 0.5) is 0 Å². The van der Waals surface area contributed by atoms with Crippen LogP contribution in [0.15, 0.2) is 51.4 Å². The van der Waals surface area contributed by atoms with E-state index in [0.29, 0.717) is 50.0 Å². The third-order valence-corrected chi connectivity index (χ3v) is 8.70. The monoisotopic (exact) mass is 842 g/mol. The number of esters is 2. The molecule has 0 amide bonds. The van der Waals surface area contributed by atoms with Crippen LogP contribution < -0.4 is 29.1 Å². The zero-order valence-electron chi connectivity index (χ0n) is 24.3. The first-order chi connectivity index (χ1) is 21.1. The zero-order valence-corrected chi connectivity index (χ0v) is 29.4. The molecule has 0 radical (unpaired) electrons. The standard InChI is InChI=1S/C31H28I2N2O8S/c1-6-11-42-28-19(12-20(32)15-21(28)33)14-24-29(37)35-27(26(30(38)41-8-3)17(4)34-31(35)44-24)18-9-10-22(23(13-18)40-7-2)43-16-25(36)39-5/h1,9-10,12-15,27H,7-8,11,16H2,2-5H3/b24-14+/t27-/m0/s1. The Morgan fingerprint density at radius 2 is 1.89 bits per heavy atom. The third kappa shape index (κ3) is 7.29. The fourth-order valence-corrected chi connectivity index (χ4v) is 7.56. The second kappa shape index (κ2) is 15.1. The van der Waals surface area contributed by atoms with E-state index in [1.807, 2.05) is 12.1 Å². The molecule has 2 aromatic carbocycles. The largest absolute Gasteiger partial charge is 0.490 e. The van der Waals surface area contributed by atoms with Crippen LogP contribution in [0.3, 0.4) is 0 Å². The number of hydrogen-bond acceptors (Lipinski definition) is 10. The SMILES string of the molecule is C#CCOc1c(I)cc(I)cc1/C=c1/sc2n(c1=O)[C@@H](c1ccc(OCC(=O)OC)c(OCC)c1)C(C(=O)OCC)=C(C)N=2. The van der Waals surface area contributed by atoms with Crippen LogP contribution in [0, 0.1) is 19.5 Å². The van der Waals surface area contributed by atoms with Gasteiger partial charge in [-0.25, -0.2) is 14.6 Å². The number of halogens is 2. The van der Waals surface area contributed by atoms with E-state index < -0.39 is 18.0 Å². The van der Waals surface area contributed by atoms with E-state index >= 15 is 0 Å². The molecule has 44 heavy (non-hydrogen) atoms. The molecule has 4 rings (SSSR count). The Balaban J connectivity index is 1.93. The Morgan fingerprint density at radius 1 is 1.11 bits per heavy atom. The first kappa shape index (κ1) is 33.5. The van der Waals surface area contributed by atoms with Crippen molar-refractivity contribution >= 4 is 74.5 Å². The molecule has 1 aromatic heterocycles. The predicted molar refractivity (Wildman–Crippen MR) is 182 cm³/mol. The van der Waals surface area contributed by atoms with Gasteiger partial charge in [0.15, 0.2) is 22.9 Å². The minimum absolute atomic E-state index is 0.0717. The second-order valence-corrected chi connectivity index (χ2v) is 12.5. The first-order valence-corrected chi connectivity index (χ1v) is 16.3. The zero-order chi connectivity index (χ0) is 32.0. The van der Waals surface area contributed by atoms with Crippen LogP contribution in [0.1, 0.15) is 37.9 Å². The lowest BCUT2D eigenvalue weighted by Gasteiger charge is -2.25. The molecule has 1 atom stereocenters. The van der Waals surface area contributed by atoms with Crippen molar-refractivity contribution in [2.75, 3.05) is 33.5 Å². The highest BCUT2D eigenvalue weighted by molar-refractivity contribution is 14.1. The van der Waals surface area contributed by atoms with E-state index in [1.54, 1.807) is 45.0 Å². The van der Waals surface area contributed by atoms with Crippen molar-refractivity contribution in [2.45, 2.75) is 26.8 Å². The number of carbonyl (C=O) groups is 2. The molecule has 0 saturated heterocycles. The molecule has 0 fully saturated rings. The van der Waals surface area contributed by atoms with E-state index in [-0.39, 0.29) is 31.0 Å². The minimum atomic E-state index is -0.880. The summed E-state index contributed by atoms with van der Waals surface area (Å²) in [5, 5.41) is 0. The average Bonchev–Trinajstić information content (AvgIpc) is 3.29. The molecule has 2 heterocycles. The molecule has 10 nitrogen and oxygen atoms in total. The van der Waals surface area contributed by atoms with E-state index in [9.17, 15) is 14.4 Å². The van der Waals surface area contributed by atoms with Gasteiger partial charge in [-0.15, -0.1) is 6.42 Å². The number of terminal acetylenes is 1. The number of methoxy groups -OCH3 is 1. The molecule has 0 bridgehead atoms. The fraction of sp³-hybridized carbons (Fsp3) is 0.290. The molecule has 0 spiro atoms. The Hall–Kier alpha value is -3.36. The molecular formula is C31H28I2N2O8S. The van der Waals surface area contributed by atoms with Gasteiger partial charge in [0, 0.05) is 9.13 Å². The molecule has 0 saturated carbocycles. The maximum absolute atomic E-state index is 14.1. The van der Waals surface area contributed by atoms with E-state index in [2.05, 4.69) is 60.8 Å². The number of fused-ring (bicyclic) bond motifs is 1. The fourth-order valence-electron chi connectivity index (χ4n) is 4.48. The number of rotatable bonds is 11. The van der Waals surface area contributed by atoms with Gasteiger partial charge in [-0.05, 0) is 102 Å². The summed E-state index contributed by atoms with van der Waals surface area (Å²) in [4.78, 5) is 44.2. The maximum atomic E-state index is 14.1. The Morgan fingerprint density at radius 3 is 2.57 bits per heavy atom. The lowest BCUT2D eigenvalue weighted by molar-refractivity contribution is -0.143. The minimum Gasteiger partial charge on any atom is -0.490 e. The van der Waals surface area contributed by atoms with Crippen LogP contribution in [0.2, 0.25) is 0 Å². The summed E-state index contributed by atoms with van der Waals surface area (Å²) in [5.41, 5.74) is 1.54. The van der Waals surface area contributed by atoms with Gasteiger partial charge in [-0.2, -0.15) is 0 Å². The second-order valence-electron chi connectivity index (χ2n) is 9.11. The highest BCUT2D eigenvalue weighted by Crippen LogP contribution is 2.36. The Labute approximate surface area is 285 Å². The van der Waals surface area contributed by atoms with Crippen LogP contribution in [0.25, 0.3) is 6.08 Å². The summed E-state index contributed by atoms with van der Waals surface area (Å²) < 4.78 is 31.0. The Bertz CT molecular complexity index is 1860. The van der Waals surface area contributed by atoms with Gasteiger partial charge in [0.05, 0.1) is 45.7 Å². The van der Waals surface area contributed by atoms with Crippen LogP contribution in [-0.4, -0.2) is 50.0 Å². The number of ether oxygens (including phenoxy) is 5. The summed E-state index contributed by atoms with van der Waals surface area (Å²) in [6.07, 6.45) is 7.18. The van der Waals surface area contributed by atoms with Crippen molar-refractivity contribution in [1.82, 2.24) is 4.57 Å². The summed E-state index contributed by atoms with van der Waals surface area (Å²) in [6.45, 7) is 5.43. The number of aromatic nitrogens is 1. The van der Waals surface area contributed by atoms with Crippen LogP contribution in [-0.2, 0) is 19.1 Å². The van der Waals surface area contributed by atoms with Gasteiger partial charge in [-0.1, -0.05) is 23.3 Å². The van der Waals surface area contributed by atoms with Crippen molar-refractivity contribution < 1.29 is 33.3 Å². The number of thiazole rings is 1. The summed E-state index contributed by atoms with van der Waals surface area (Å²) in [6, 6.07) is 8.00. The molecule has 1 aliphatic heterocycles. The average molecular weight is 842 g/mol. The first-order valence-electron chi connectivity index (χ1n) is 13.3. The number of benzene rings is 2. The molecule has 13 heteroatoms. The highest BCUT2D eigenvalue weighted by Gasteiger charge is 2.34. The third-order valence-electron chi connectivity index (χ3n) is 6.30. The van der Waals surface area contributed by atoms with Gasteiger partial charge < -0.3 is 23.7 Å². The van der Waals surface area contributed by atoms with Gasteiger partial charge in [0.1, 0.15) is 12.4 Å². The summed E-state index contributed by atoms with van der Waals surface area (Å²) in [7, 11) is 1.27.